The Hall–Kier alpha value is -3.46. The molecule has 1 aliphatic rings. The van der Waals surface area contributed by atoms with E-state index in [1.807, 2.05) is 0 Å². The highest BCUT2D eigenvalue weighted by Crippen LogP contribution is 2.30. The van der Waals surface area contributed by atoms with Crippen LogP contribution in [0, 0.1) is 0 Å². The van der Waals surface area contributed by atoms with Gasteiger partial charge in [0.1, 0.15) is 18.0 Å². The molecule has 0 unspecified atom stereocenters. The second-order valence-electron chi connectivity index (χ2n) is 6.60. The van der Waals surface area contributed by atoms with Gasteiger partial charge in [-0.25, -0.2) is 0 Å². The first-order chi connectivity index (χ1) is 14.1. The molecule has 1 saturated heterocycles. The Bertz CT molecular complexity index is 1030. The van der Waals surface area contributed by atoms with Gasteiger partial charge < -0.3 is 19.7 Å². The predicted octanol–water partition coefficient (Wildman–Crippen LogP) is 1.55. The van der Waals surface area contributed by atoms with Crippen LogP contribution in [0.5, 0.6) is 5.75 Å². The summed E-state index contributed by atoms with van der Waals surface area (Å²) < 4.78 is 12.3. The summed E-state index contributed by atoms with van der Waals surface area (Å²) in [6, 6.07) is 8.64. The van der Waals surface area contributed by atoms with Crippen LogP contribution in [0.25, 0.3) is 10.9 Å². The van der Waals surface area contributed by atoms with Crippen LogP contribution >= 0.6 is 0 Å². The van der Waals surface area contributed by atoms with Crippen molar-refractivity contribution in [3.05, 3.63) is 48.4 Å². The number of aromatic nitrogens is 3. The minimum Gasteiger partial charge on any atom is -0.494 e. The maximum absolute atomic E-state index is 12.5. The van der Waals surface area contributed by atoms with E-state index in [1.165, 1.54) is 7.11 Å². The van der Waals surface area contributed by atoms with E-state index in [2.05, 4.69) is 15.4 Å². The highest BCUT2D eigenvalue weighted by atomic mass is 16.5. The minimum atomic E-state index is -0.335. The molecular formula is C20H21N5O4. The Morgan fingerprint density at radius 2 is 2.07 bits per heavy atom. The highest BCUT2D eigenvalue weighted by molar-refractivity contribution is 6.05. The molecule has 1 N–H and O–H groups in total. The summed E-state index contributed by atoms with van der Waals surface area (Å²) in [5.74, 6) is 0.140. The standard InChI is InChI=1S/C20H21N5O4/c1-28-18-11-16-14(10-17(18)22-20(27)15-4-2-3-5-21-15)12-25(23-16)13-19(26)24-6-8-29-9-7-24/h2-5,10-12H,6-9,13H2,1H3,(H,22,27). The van der Waals surface area contributed by atoms with Gasteiger partial charge in [-0.3, -0.25) is 19.3 Å². The third-order valence-electron chi connectivity index (χ3n) is 4.68. The fourth-order valence-corrected chi connectivity index (χ4v) is 3.19. The number of amides is 2. The number of nitrogens with zero attached hydrogens (tertiary/aromatic N) is 4. The molecule has 0 atom stereocenters. The third-order valence-corrected chi connectivity index (χ3v) is 4.68. The number of carbonyl (C=O) groups excluding carboxylic acids is 2. The molecule has 3 aromatic rings. The quantitative estimate of drug-likeness (QED) is 0.704. The number of ether oxygens (including phenoxy) is 2. The first kappa shape index (κ1) is 18.9. The fourth-order valence-electron chi connectivity index (χ4n) is 3.19. The normalized spacial score (nSPS) is 14.0. The van der Waals surface area contributed by atoms with Crippen molar-refractivity contribution in [2.24, 2.45) is 0 Å². The summed E-state index contributed by atoms with van der Waals surface area (Å²) in [4.78, 5) is 30.7. The van der Waals surface area contributed by atoms with Gasteiger partial charge in [0.15, 0.2) is 0 Å². The van der Waals surface area contributed by atoms with Crippen LogP contribution in [0.15, 0.2) is 42.7 Å². The predicted molar refractivity (Wildman–Crippen MR) is 106 cm³/mol. The van der Waals surface area contributed by atoms with Crippen molar-refractivity contribution in [2.45, 2.75) is 6.54 Å². The van der Waals surface area contributed by atoms with Crippen LogP contribution in [-0.4, -0.2) is 64.9 Å². The van der Waals surface area contributed by atoms with Crippen LogP contribution in [0.4, 0.5) is 5.69 Å². The Balaban J connectivity index is 1.55. The summed E-state index contributed by atoms with van der Waals surface area (Å²) in [7, 11) is 1.52. The number of nitrogens with one attached hydrogen (secondary N) is 1. The second kappa shape index (κ2) is 8.27. The van der Waals surface area contributed by atoms with Gasteiger partial charge in [-0.15, -0.1) is 0 Å². The Morgan fingerprint density at radius 1 is 1.24 bits per heavy atom. The van der Waals surface area contributed by atoms with Crippen molar-refractivity contribution < 1.29 is 19.1 Å². The molecule has 2 amide bonds. The van der Waals surface area contributed by atoms with E-state index in [-0.39, 0.29) is 18.4 Å². The van der Waals surface area contributed by atoms with Gasteiger partial charge >= 0.3 is 0 Å². The Kier molecular flexibility index (Phi) is 5.39. The van der Waals surface area contributed by atoms with E-state index in [9.17, 15) is 9.59 Å². The van der Waals surface area contributed by atoms with Crippen molar-refractivity contribution >= 4 is 28.4 Å². The minimum absolute atomic E-state index is 0.00301. The van der Waals surface area contributed by atoms with Gasteiger partial charge in [-0.1, -0.05) is 6.07 Å². The lowest BCUT2D eigenvalue weighted by molar-refractivity contribution is -0.136. The topological polar surface area (TPSA) is 98.6 Å². The Morgan fingerprint density at radius 3 is 2.79 bits per heavy atom. The van der Waals surface area contributed by atoms with E-state index in [0.717, 1.165) is 5.39 Å². The Labute approximate surface area is 167 Å². The smallest absolute Gasteiger partial charge is 0.274 e. The fraction of sp³-hybridized carbons (Fsp3) is 0.300. The number of morpholine rings is 1. The molecule has 1 aliphatic heterocycles. The first-order valence-corrected chi connectivity index (χ1v) is 9.27. The van der Waals surface area contributed by atoms with Crippen LogP contribution < -0.4 is 10.1 Å². The third kappa shape index (κ3) is 4.19. The number of hydrogen-bond donors (Lipinski definition) is 1. The van der Waals surface area contributed by atoms with E-state index in [4.69, 9.17) is 9.47 Å². The number of methoxy groups -OCH3 is 1. The summed E-state index contributed by atoms with van der Waals surface area (Å²) in [5.41, 5.74) is 1.49. The van der Waals surface area contributed by atoms with Gasteiger partial charge in [0.05, 0.1) is 31.5 Å². The molecule has 150 valence electrons. The number of benzene rings is 1. The highest BCUT2D eigenvalue weighted by Gasteiger charge is 2.18. The number of rotatable bonds is 5. The SMILES string of the molecule is COc1cc2nn(CC(=O)N3CCOCC3)cc2cc1NC(=O)c1ccccn1. The maximum atomic E-state index is 12.5. The van der Waals surface area contributed by atoms with E-state index in [1.54, 1.807) is 52.3 Å². The number of carbonyl (C=O) groups is 2. The lowest BCUT2D eigenvalue weighted by Crippen LogP contribution is -2.42. The van der Waals surface area contributed by atoms with Crippen molar-refractivity contribution in [3.63, 3.8) is 0 Å². The molecule has 3 heterocycles. The van der Waals surface area contributed by atoms with Gasteiger partial charge in [0.2, 0.25) is 5.91 Å². The van der Waals surface area contributed by atoms with E-state index < -0.39 is 0 Å². The summed E-state index contributed by atoms with van der Waals surface area (Å²) in [5, 5.41) is 8.08. The number of pyridine rings is 1. The van der Waals surface area contributed by atoms with Crippen LogP contribution in [0.1, 0.15) is 10.5 Å². The molecule has 29 heavy (non-hydrogen) atoms. The molecule has 1 fully saturated rings. The van der Waals surface area contributed by atoms with Crippen molar-refractivity contribution in [1.82, 2.24) is 19.7 Å². The lowest BCUT2D eigenvalue weighted by Gasteiger charge is -2.26. The molecule has 9 nitrogen and oxygen atoms in total. The summed E-state index contributed by atoms with van der Waals surface area (Å²) in [6.07, 6.45) is 3.34. The second-order valence-corrected chi connectivity index (χ2v) is 6.60. The van der Waals surface area contributed by atoms with Gasteiger partial charge in [0.25, 0.3) is 5.91 Å². The first-order valence-electron chi connectivity index (χ1n) is 9.27. The molecule has 1 aromatic carbocycles. The zero-order valence-corrected chi connectivity index (χ0v) is 16.0. The van der Waals surface area contributed by atoms with E-state index in [0.29, 0.717) is 49.0 Å². The molecule has 2 aromatic heterocycles. The van der Waals surface area contributed by atoms with Crippen LogP contribution in [0.3, 0.4) is 0 Å². The van der Waals surface area contributed by atoms with Crippen molar-refractivity contribution in [2.75, 3.05) is 38.7 Å². The van der Waals surface area contributed by atoms with Crippen molar-refractivity contribution in [1.29, 1.82) is 0 Å². The van der Waals surface area contributed by atoms with Crippen LogP contribution in [-0.2, 0) is 16.1 Å². The zero-order chi connectivity index (χ0) is 20.2. The van der Waals surface area contributed by atoms with Crippen LogP contribution in [0.2, 0.25) is 0 Å². The average molecular weight is 395 g/mol. The molecule has 0 saturated carbocycles. The van der Waals surface area contributed by atoms with Gasteiger partial charge in [-0.05, 0) is 18.2 Å². The summed E-state index contributed by atoms with van der Waals surface area (Å²) >= 11 is 0. The van der Waals surface area contributed by atoms with Gasteiger partial charge in [-0.2, -0.15) is 5.10 Å². The molecule has 0 radical (unpaired) electrons. The average Bonchev–Trinajstić information content (AvgIpc) is 3.15. The molecule has 9 heteroatoms. The maximum Gasteiger partial charge on any atom is 0.274 e. The molecule has 0 aliphatic carbocycles. The largest absolute Gasteiger partial charge is 0.494 e. The molecule has 0 spiro atoms. The molecule has 0 bridgehead atoms. The monoisotopic (exact) mass is 395 g/mol. The molecule has 4 rings (SSSR count). The van der Waals surface area contributed by atoms with E-state index >= 15 is 0 Å². The van der Waals surface area contributed by atoms with Gasteiger partial charge in [0, 0.05) is 36.9 Å². The molecular weight excluding hydrogens is 374 g/mol. The summed E-state index contributed by atoms with van der Waals surface area (Å²) in [6.45, 7) is 2.45. The number of anilines is 1. The lowest BCUT2D eigenvalue weighted by atomic mass is 10.2. The van der Waals surface area contributed by atoms with Crippen molar-refractivity contribution in [3.8, 4) is 5.75 Å². The number of hydrogen-bond acceptors (Lipinski definition) is 6. The number of fused-ring (bicyclic) bond motifs is 1. The zero-order valence-electron chi connectivity index (χ0n) is 16.0.